The number of rotatable bonds is 7. The van der Waals surface area contributed by atoms with Crippen molar-refractivity contribution in [2.45, 2.75) is 63.8 Å². The van der Waals surface area contributed by atoms with Gasteiger partial charge < -0.3 is 19.1 Å². The Bertz CT molecular complexity index is 1160. The molecular weight excluding hydrogens is 458 g/mol. The van der Waals surface area contributed by atoms with E-state index in [1.54, 1.807) is 14.2 Å². The lowest BCUT2D eigenvalue weighted by molar-refractivity contribution is -0.132. The predicted octanol–water partition coefficient (Wildman–Crippen LogP) is 7.17. The van der Waals surface area contributed by atoms with E-state index in [1.807, 2.05) is 0 Å². The van der Waals surface area contributed by atoms with Gasteiger partial charge in [-0.3, -0.25) is 0 Å². The Hall–Kier alpha value is -2.82. The Morgan fingerprint density at radius 2 is 1.57 bits per heavy atom. The molecule has 0 amide bonds. The molecule has 0 spiro atoms. The van der Waals surface area contributed by atoms with Gasteiger partial charge in [-0.25, -0.2) is 0 Å². The highest BCUT2D eigenvalue weighted by molar-refractivity contribution is 5.53. The van der Waals surface area contributed by atoms with Crippen LogP contribution < -0.4 is 9.64 Å². The summed E-state index contributed by atoms with van der Waals surface area (Å²) in [5.74, 6) is 2.13. The number of fused-ring (bicyclic) bond motifs is 1. The third-order valence-corrected chi connectivity index (χ3v) is 7.92. The van der Waals surface area contributed by atoms with E-state index in [0.29, 0.717) is 17.8 Å². The van der Waals surface area contributed by atoms with E-state index >= 15 is 0 Å². The highest BCUT2D eigenvalue weighted by Crippen LogP contribution is 2.47. The lowest BCUT2D eigenvalue weighted by Crippen LogP contribution is -2.28. The molecule has 1 saturated heterocycles. The largest absolute Gasteiger partial charge is 0.488 e. The minimum absolute atomic E-state index is 0.137. The van der Waals surface area contributed by atoms with Gasteiger partial charge in [-0.05, 0) is 92.5 Å². The summed E-state index contributed by atoms with van der Waals surface area (Å²) in [6.07, 6.45) is 3.15. The Labute approximate surface area is 222 Å². The number of methoxy groups -OCH3 is 2. The van der Waals surface area contributed by atoms with E-state index in [4.69, 9.17) is 14.2 Å². The third kappa shape index (κ3) is 5.71. The van der Waals surface area contributed by atoms with Gasteiger partial charge in [0, 0.05) is 44.8 Å². The van der Waals surface area contributed by atoms with Gasteiger partial charge in [-0.2, -0.15) is 0 Å². The van der Waals surface area contributed by atoms with Crippen LogP contribution in [0.3, 0.4) is 0 Å². The fourth-order valence-corrected chi connectivity index (χ4v) is 6.30. The molecule has 1 fully saturated rings. The topological polar surface area (TPSA) is 30.9 Å². The Kier molecular flexibility index (Phi) is 7.60. The minimum Gasteiger partial charge on any atom is -0.488 e. The third-order valence-electron chi connectivity index (χ3n) is 7.92. The summed E-state index contributed by atoms with van der Waals surface area (Å²) in [5, 5.41) is 0. The number of ether oxygens (including phenoxy) is 3. The molecule has 3 aromatic carbocycles. The molecule has 0 aromatic heterocycles. The van der Waals surface area contributed by atoms with Crippen molar-refractivity contribution in [3.8, 4) is 5.75 Å². The zero-order valence-corrected chi connectivity index (χ0v) is 22.9. The van der Waals surface area contributed by atoms with Crippen molar-refractivity contribution >= 4 is 5.69 Å². The van der Waals surface area contributed by atoms with Gasteiger partial charge in [-0.1, -0.05) is 48.5 Å². The quantitative estimate of drug-likeness (QED) is 0.323. The molecule has 37 heavy (non-hydrogen) atoms. The zero-order valence-electron chi connectivity index (χ0n) is 22.9. The summed E-state index contributed by atoms with van der Waals surface area (Å²) in [7, 11) is 3.46. The van der Waals surface area contributed by atoms with Crippen LogP contribution in [0.15, 0.2) is 72.8 Å². The number of hydrogen-bond acceptors (Lipinski definition) is 4. The van der Waals surface area contributed by atoms with E-state index in [2.05, 4.69) is 98.5 Å². The molecule has 0 bridgehead atoms. The molecule has 5 rings (SSSR count). The lowest BCUT2D eigenvalue weighted by Gasteiger charge is -2.35. The molecule has 1 aliphatic carbocycles. The molecule has 0 unspecified atom stereocenters. The molecule has 4 nitrogen and oxygen atoms in total. The van der Waals surface area contributed by atoms with E-state index in [0.717, 1.165) is 38.1 Å². The fourth-order valence-electron chi connectivity index (χ4n) is 6.30. The molecule has 0 saturated carbocycles. The summed E-state index contributed by atoms with van der Waals surface area (Å²) < 4.78 is 17.3. The van der Waals surface area contributed by atoms with Crippen LogP contribution in [0.1, 0.15) is 67.7 Å². The van der Waals surface area contributed by atoms with Crippen molar-refractivity contribution in [3.63, 3.8) is 0 Å². The van der Waals surface area contributed by atoms with E-state index in [9.17, 15) is 0 Å². The maximum atomic E-state index is 6.21. The Balaban J connectivity index is 1.44. The minimum atomic E-state index is -0.203. The first-order chi connectivity index (χ1) is 17.9. The molecule has 3 aromatic rings. The van der Waals surface area contributed by atoms with Crippen LogP contribution in [0, 0.1) is 5.92 Å². The van der Waals surface area contributed by atoms with Gasteiger partial charge in [0.1, 0.15) is 11.4 Å². The maximum absolute atomic E-state index is 6.21. The first-order valence-electron chi connectivity index (χ1n) is 13.6. The second-order valence-corrected chi connectivity index (χ2v) is 11.5. The summed E-state index contributed by atoms with van der Waals surface area (Å²) >= 11 is 0. The SMILES string of the molecule is COC(OC)[C@@H]1CCN(c2ccc([C@H]3c4ccc(OC(C)(C)C)cc4CC[C@H]3c3ccccc3)cc2)C1. The summed E-state index contributed by atoms with van der Waals surface area (Å²) in [6.45, 7) is 8.31. The monoisotopic (exact) mass is 499 g/mol. The van der Waals surface area contributed by atoms with Crippen LogP contribution in [-0.4, -0.2) is 39.2 Å². The lowest BCUT2D eigenvalue weighted by atomic mass is 9.69. The van der Waals surface area contributed by atoms with E-state index < -0.39 is 0 Å². The van der Waals surface area contributed by atoms with Crippen LogP contribution >= 0.6 is 0 Å². The van der Waals surface area contributed by atoms with E-state index in [1.165, 1.54) is 27.9 Å². The second-order valence-electron chi connectivity index (χ2n) is 11.5. The molecule has 1 aliphatic heterocycles. The van der Waals surface area contributed by atoms with Crippen LogP contribution in [0.4, 0.5) is 5.69 Å². The van der Waals surface area contributed by atoms with Crippen LogP contribution in [-0.2, 0) is 15.9 Å². The van der Waals surface area contributed by atoms with Crippen LogP contribution in [0.2, 0.25) is 0 Å². The normalized spacial score (nSPS) is 21.8. The standard InChI is InChI=1S/C33H41NO3/c1-33(2,3)37-28-16-18-30-25(21-28)13-17-29(23-9-7-6-8-10-23)31(30)24-11-14-27(15-12-24)34-20-19-26(22-34)32(35-4)36-5/h6-12,14-16,18,21,26,29,31-32H,13,17,19-20,22H2,1-5H3/t26-,29+,31-/m1/s1. The van der Waals surface area contributed by atoms with Gasteiger partial charge >= 0.3 is 0 Å². The van der Waals surface area contributed by atoms with Crippen molar-refractivity contribution in [1.29, 1.82) is 0 Å². The smallest absolute Gasteiger partial charge is 0.161 e. The summed E-state index contributed by atoms with van der Waals surface area (Å²) in [6, 6.07) is 27.1. The second kappa shape index (κ2) is 10.9. The molecule has 0 N–H and O–H groups in total. The molecule has 196 valence electrons. The molecule has 3 atom stereocenters. The van der Waals surface area contributed by atoms with Crippen LogP contribution in [0.5, 0.6) is 5.75 Å². The predicted molar refractivity (Wildman–Crippen MR) is 151 cm³/mol. The average molecular weight is 500 g/mol. The molecule has 2 aliphatic rings. The summed E-state index contributed by atoms with van der Waals surface area (Å²) in [4.78, 5) is 2.46. The maximum Gasteiger partial charge on any atom is 0.161 e. The van der Waals surface area contributed by atoms with Crippen molar-refractivity contribution in [3.05, 3.63) is 95.1 Å². The molecular formula is C33H41NO3. The van der Waals surface area contributed by atoms with Gasteiger partial charge in [-0.15, -0.1) is 0 Å². The number of nitrogens with zero attached hydrogens (tertiary/aromatic N) is 1. The first kappa shape index (κ1) is 25.8. The highest BCUT2D eigenvalue weighted by Gasteiger charge is 2.33. The Morgan fingerprint density at radius 3 is 2.24 bits per heavy atom. The Morgan fingerprint density at radius 1 is 0.838 bits per heavy atom. The van der Waals surface area contributed by atoms with Gasteiger partial charge in [0.2, 0.25) is 0 Å². The number of aryl methyl sites for hydroxylation is 1. The summed E-state index contributed by atoms with van der Waals surface area (Å²) in [5.41, 5.74) is 6.72. The molecule has 0 radical (unpaired) electrons. The van der Waals surface area contributed by atoms with Crippen LogP contribution in [0.25, 0.3) is 0 Å². The van der Waals surface area contributed by atoms with Gasteiger partial charge in [0.15, 0.2) is 6.29 Å². The van der Waals surface area contributed by atoms with Crippen molar-refractivity contribution < 1.29 is 14.2 Å². The van der Waals surface area contributed by atoms with Crippen molar-refractivity contribution in [2.24, 2.45) is 5.92 Å². The molecule has 1 heterocycles. The molecule has 4 heteroatoms. The van der Waals surface area contributed by atoms with Crippen molar-refractivity contribution in [2.75, 3.05) is 32.2 Å². The van der Waals surface area contributed by atoms with E-state index in [-0.39, 0.29) is 11.9 Å². The number of benzene rings is 3. The first-order valence-corrected chi connectivity index (χ1v) is 13.6. The highest BCUT2D eigenvalue weighted by atomic mass is 16.7. The van der Waals surface area contributed by atoms with Gasteiger partial charge in [0.25, 0.3) is 0 Å². The number of anilines is 1. The number of hydrogen-bond donors (Lipinski definition) is 0. The van der Waals surface area contributed by atoms with Crippen molar-refractivity contribution in [1.82, 2.24) is 0 Å². The fraction of sp³-hybridized carbons (Fsp3) is 0.455. The van der Waals surface area contributed by atoms with Gasteiger partial charge in [0.05, 0.1) is 0 Å². The average Bonchev–Trinajstić information content (AvgIpc) is 3.38. The zero-order chi connectivity index (χ0) is 26.0.